The van der Waals surface area contributed by atoms with Gasteiger partial charge in [0, 0.05) is 42.5 Å². The minimum absolute atomic E-state index is 0. The highest BCUT2D eigenvalue weighted by Gasteiger charge is 2.20. The topological polar surface area (TPSA) is 83.1 Å². The Morgan fingerprint density at radius 2 is 1.84 bits per heavy atom. The number of halogens is 2. The second-order valence-electron chi connectivity index (χ2n) is 6.77. The zero-order valence-corrected chi connectivity index (χ0v) is 20.1. The molecule has 2 aromatic heterocycles. The average molecular weight is 492 g/mol. The molecule has 0 unspecified atom stereocenters. The largest absolute Gasteiger partial charge is 0.497 e. The van der Waals surface area contributed by atoms with E-state index in [0.29, 0.717) is 22.3 Å². The van der Waals surface area contributed by atoms with Crippen molar-refractivity contribution >= 4 is 52.9 Å². The van der Waals surface area contributed by atoms with Crippen molar-refractivity contribution in [3.8, 4) is 28.4 Å². The average Bonchev–Trinajstić information content (AvgIpc) is 3.44. The summed E-state index contributed by atoms with van der Waals surface area (Å²) in [6, 6.07) is 15.4. The van der Waals surface area contributed by atoms with Gasteiger partial charge in [0.25, 0.3) is 5.91 Å². The van der Waals surface area contributed by atoms with Crippen molar-refractivity contribution in [2.24, 2.45) is 0 Å². The quantitative estimate of drug-likeness (QED) is 0.378. The van der Waals surface area contributed by atoms with Crippen LogP contribution in [0.4, 0.5) is 10.8 Å². The number of ether oxygens (including phenoxy) is 1. The van der Waals surface area contributed by atoms with Gasteiger partial charge in [-0.15, -0.1) is 36.2 Å². The number of thiazole rings is 1. The van der Waals surface area contributed by atoms with Gasteiger partial charge in [-0.25, -0.2) is 9.97 Å². The number of aromatic nitrogens is 3. The predicted octanol–water partition coefficient (Wildman–Crippen LogP) is 5.37. The van der Waals surface area contributed by atoms with Crippen LogP contribution in [-0.4, -0.2) is 42.1 Å². The van der Waals surface area contributed by atoms with Gasteiger partial charge in [-0.3, -0.25) is 10.1 Å². The monoisotopic (exact) mass is 491 g/mol. The Morgan fingerprint density at radius 3 is 2.47 bits per heavy atom. The first-order valence-electron chi connectivity index (χ1n) is 9.28. The van der Waals surface area contributed by atoms with E-state index in [2.05, 4.69) is 15.3 Å². The molecule has 0 aliphatic heterocycles. The lowest BCUT2D eigenvalue weighted by atomic mass is 10.1. The van der Waals surface area contributed by atoms with Crippen molar-refractivity contribution in [1.82, 2.24) is 15.0 Å². The van der Waals surface area contributed by atoms with E-state index in [9.17, 15) is 4.79 Å². The van der Waals surface area contributed by atoms with Crippen LogP contribution < -0.4 is 15.0 Å². The molecule has 2 heterocycles. The highest BCUT2D eigenvalue weighted by molar-refractivity contribution is 7.13. The van der Waals surface area contributed by atoms with E-state index >= 15 is 0 Å². The van der Waals surface area contributed by atoms with Crippen molar-refractivity contribution in [1.29, 1.82) is 0 Å². The van der Waals surface area contributed by atoms with E-state index in [4.69, 9.17) is 9.72 Å². The van der Waals surface area contributed by atoms with Crippen LogP contribution in [0.15, 0.2) is 60.1 Å². The number of hydrogen-bond acceptors (Lipinski definition) is 6. The third-order valence-electron chi connectivity index (χ3n) is 4.58. The summed E-state index contributed by atoms with van der Waals surface area (Å²) >= 11 is 1.36. The number of amides is 1. The van der Waals surface area contributed by atoms with Crippen LogP contribution >= 0.6 is 36.2 Å². The third kappa shape index (κ3) is 5.40. The highest BCUT2D eigenvalue weighted by Crippen LogP contribution is 2.29. The van der Waals surface area contributed by atoms with Gasteiger partial charge in [0.15, 0.2) is 5.13 Å². The summed E-state index contributed by atoms with van der Waals surface area (Å²) in [4.78, 5) is 27.1. The van der Waals surface area contributed by atoms with Gasteiger partial charge in [-0.05, 0) is 36.4 Å². The number of carbonyl (C=O) groups excluding carboxylic acids is 1. The van der Waals surface area contributed by atoms with Gasteiger partial charge in [0.05, 0.1) is 7.11 Å². The normalized spacial score (nSPS) is 9.97. The maximum absolute atomic E-state index is 13.0. The van der Waals surface area contributed by atoms with Gasteiger partial charge < -0.3 is 14.6 Å². The number of methoxy groups -OCH3 is 1. The number of benzene rings is 2. The molecule has 0 spiro atoms. The molecule has 7 nitrogen and oxygen atoms in total. The SMILES string of the molecule is COc1ccc(-c2nc(-c3cccc(N(C)C)c3)[nH]c2C(=O)Nc2nccs2)cc1.Cl.Cl. The number of carbonyl (C=O) groups is 1. The first-order valence-corrected chi connectivity index (χ1v) is 10.2. The zero-order valence-electron chi connectivity index (χ0n) is 17.7. The molecule has 0 aliphatic carbocycles. The summed E-state index contributed by atoms with van der Waals surface area (Å²) in [5.74, 6) is 1.06. The molecule has 0 saturated heterocycles. The summed E-state index contributed by atoms with van der Waals surface area (Å²) in [5, 5.41) is 5.17. The van der Waals surface area contributed by atoms with E-state index < -0.39 is 0 Å². The fraction of sp³-hybridized carbons (Fsp3) is 0.136. The summed E-state index contributed by atoms with van der Waals surface area (Å²) in [5.41, 5.74) is 3.69. The van der Waals surface area contributed by atoms with E-state index in [1.165, 1.54) is 11.3 Å². The van der Waals surface area contributed by atoms with E-state index in [0.717, 1.165) is 22.6 Å². The first-order chi connectivity index (χ1) is 14.5. The lowest BCUT2D eigenvalue weighted by Crippen LogP contribution is -2.13. The summed E-state index contributed by atoms with van der Waals surface area (Å²) in [6.45, 7) is 0. The van der Waals surface area contributed by atoms with Crippen molar-refractivity contribution in [2.75, 3.05) is 31.4 Å². The Labute approximate surface area is 202 Å². The predicted molar refractivity (Wildman–Crippen MR) is 135 cm³/mol. The second kappa shape index (κ2) is 11.0. The molecule has 2 N–H and O–H groups in total. The van der Waals surface area contributed by atoms with Crippen LogP contribution in [0.2, 0.25) is 0 Å². The molecule has 168 valence electrons. The second-order valence-corrected chi connectivity index (χ2v) is 7.67. The first kappa shape index (κ1) is 25.2. The van der Waals surface area contributed by atoms with E-state index in [-0.39, 0.29) is 30.7 Å². The van der Waals surface area contributed by atoms with Gasteiger partial charge >= 0.3 is 0 Å². The summed E-state index contributed by atoms with van der Waals surface area (Å²) < 4.78 is 5.24. The van der Waals surface area contributed by atoms with Crippen molar-refractivity contribution < 1.29 is 9.53 Å². The Hall–Kier alpha value is -3.07. The lowest BCUT2D eigenvalue weighted by molar-refractivity contribution is 0.102. The van der Waals surface area contributed by atoms with Gasteiger partial charge in [-0.2, -0.15) is 0 Å². The molecular weight excluding hydrogens is 469 g/mol. The fourth-order valence-electron chi connectivity index (χ4n) is 3.01. The molecule has 4 aromatic rings. The molecule has 0 saturated carbocycles. The number of anilines is 2. The Balaban J connectivity index is 0.00000181. The molecule has 1 amide bonds. The number of nitrogens with zero attached hydrogens (tertiary/aromatic N) is 3. The smallest absolute Gasteiger partial charge is 0.276 e. The molecular formula is C22H23Cl2N5O2S. The number of H-pyrrole nitrogens is 1. The molecule has 0 bridgehead atoms. The minimum atomic E-state index is -0.293. The van der Waals surface area contributed by atoms with E-state index in [1.807, 2.05) is 72.9 Å². The molecule has 0 radical (unpaired) electrons. The number of nitrogens with one attached hydrogen (secondary N) is 2. The Morgan fingerprint density at radius 1 is 1.09 bits per heavy atom. The zero-order chi connectivity index (χ0) is 21.1. The summed E-state index contributed by atoms with van der Waals surface area (Å²) in [7, 11) is 5.58. The van der Waals surface area contributed by atoms with Crippen molar-refractivity contribution in [3.63, 3.8) is 0 Å². The van der Waals surface area contributed by atoms with Crippen LogP contribution in [0.5, 0.6) is 5.75 Å². The van der Waals surface area contributed by atoms with Crippen LogP contribution in [0.1, 0.15) is 10.5 Å². The van der Waals surface area contributed by atoms with Gasteiger partial charge in [0.1, 0.15) is 23.0 Å². The number of hydrogen-bond donors (Lipinski definition) is 2. The highest BCUT2D eigenvalue weighted by atomic mass is 35.5. The van der Waals surface area contributed by atoms with Gasteiger partial charge in [0.2, 0.25) is 0 Å². The Bertz CT molecular complexity index is 1160. The number of rotatable bonds is 6. The molecule has 10 heteroatoms. The molecule has 2 aromatic carbocycles. The maximum Gasteiger partial charge on any atom is 0.276 e. The molecule has 32 heavy (non-hydrogen) atoms. The van der Waals surface area contributed by atoms with Gasteiger partial charge in [-0.1, -0.05) is 12.1 Å². The minimum Gasteiger partial charge on any atom is -0.497 e. The summed E-state index contributed by atoms with van der Waals surface area (Å²) in [6.07, 6.45) is 1.65. The fourth-order valence-corrected chi connectivity index (χ4v) is 3.53. The molecule has 0 aliphatic rings. The Kier molecular flexibility index (Phi) is 8.65. The lowest BCUT2D eigenvalue weighted by Gasteiger charge is -2.12. The van der Waals surface area contributed by atoms with Crippen LogP contribution in [0.3, 0.4) is 0 Å². The van der Waals surface area contributed by atoms with Crippen LogP contribution in [-0.2, 0) is 0 Å². The molecule has 4 rings (SSSR count). The maximum atomic E-state index is 13.0. The number of aromatic amines is 1. The third-order valence-corrected chi connectivity index (χ3v) is 5.27. The van der Waals surface area contributed by atoms with E-state index in [1.54, 1.807) is 13.3 Å². The van der Waals surface area contributed by atoms with Crippen LogP contribution in [0.25, 0.3) is 22.6 Å². The molecule has 0 atom stereocenters. The molecule has 0 fully saturated rings. The number of imidazole rings is 1. The van der Waals surface area contributed by atoms with Crippen molar-refractivity contribution in [2.45, 2.75) is 0 Å². The standard InChI is InChI=1S/C22H21N5O2S.2ClH/c1-27(2)16-6-4-5-15(13-16)20-24-18(14-7-9-17(29-3)10-8-14)19(25-20)21(28)26-22-23-11-12-30-22;;/h4-13H,1-3H3,(H,24,25)(H,23,26,28);2*1H. The van der Waals surface area contributed by atoms with Crippen LogP contribution in [0, 0.1) is 0 Å². The van der Waals surface area contributed by atoms with Crippen molar-refractivity contribution in [3.05, 3.63) is 65.8 Å².